The molecule has 0 saturated heterocycles. The summed E-state index contributed by atoms with van der Waals surface area (Å²) in [7, 11) is 1.68. The van der Waals surface area contributed by atoms with Crippen LogP contribution in [0.1, 0.15) is 16.7 Å². The number of aryl methyl sites for hydroxylation is 1. The Balaban J connectivity index is 1.45. The smallest absolute Gasteiger partial charge is 0.344 e. The average molecular weight is 401 g/mol. The molecule has 1 aromatic heterocycles. The summed E-state index contributed by atoms with van der Waals surface area (Å²) < 4.78 is 17.0. The van der Waals surface area contributed by atoms with Gasteiger partial charge < -0.3 is 13.9 Å². The minimum Gasteiger partial charge on any atom is -0.497 e. The van der Waals surface area contributed by atoms with E-state index < -0.39 is 0 Å². The number of ether oxygens (including phenoxy) is 2. The van der Waals surface area contributed by atoms with E-state index in [9.17, 15) is 4.79 Å². The van der Waals surface area contributed by atoms with Gasteiger partial charge in [-0.25, -0.2) is 4.79 Å². The van der Waals surface area contributed by atoms with Crippen molar-refractivity contribution in [2.24, 2.45) is 0 Å². The largest absolute Gasteiger partial charge is 0.497 e. The van der Waals surface area contributed by atoms with Gasteiger partial charge in [-0.05, 0) is 48.6 Å². The minimum atomic E-state index is -0.307. The molecule has 4 aromatic rings. The van der Waals surface area contributed by atoms with Crippen LogP contribution in [0.15, 0.2) is 63.8 Å². The fourth-order valence-corrected chi connectivity index (χ4v) is 4.21. The van der Waals surface area contributed by atoms with Gasteiger partial charge in [0.1, 0.15) is 23.8 Å². The van der Waals surface area contributed by atoms with E-state index in [0.717, 1.165) is 52.9 Å². The SMILES string of the molecule is COc1ccc(CCN2COc3c(cc4c(oc(=O)c5ccccc54)c3C)C2)cc1. The van der Waals surface area contributed by atoms with E-state index in [4.69, 9.17) is 13.9 Å². The maximum atomic E-state index is 12.4. The molecule has 5 heteroatoms. The van der Waals surface area contributed by atoms with Crippen molar-refractivity contribution in [3.63, 3.8) is 0 Å². The second kappa shape index (κ2) is 7.50. The molecule has 0 N–H and O–H groups in total. The first kappa shape index (κ1) is 18.7. The molecule has 0 aliphatic carbocycles. The minimum absolute atomic E-state index is 0.307. The third kappa shape index (κ3) is 3.21. The highest BCUT2D eigenvalue weighted by atomic mass is 16.5. The van der Waals surface area contributed by atoms with Crippen LogP contribution in [0.25, 0.3) is 21.7 Å². The number of nitrogens with zero attached hydrogens (tertiary/aromatic N) is 1. The van der Waals surface area contributed by atoms with Crippen molar-refractivity contribution in [2.75, 3.05) is 20.4 Å². The Kier molecular flexibility index (Phi) is 4.68. The third-order valence-corrected chi connectivity index (χ3v) is 5.83. The molecule has 5 nitrogen and oxygen atoms in total. The van der Waals surface area contributed by atoms with Crippen molar-refractivity contribution in [1.82, 2.24) is 4.90 Å². The molecule has 0 fully saturated rings. The van der Waals surface area contributed by atoms with Crippen LogP contribution < -0.4 is 15.1 Å². The number of rotatable bonds is 4. The first-order chi connectivity index (χ1) is 14.6. The lowest BCUT2D eigenvalue weighted by atomic mass is 10.00. The van der Waals surface area contributed by atoms with E-state index in [1.54, 1.807) is 7.11 Å². The molecule has 0 unspecified atom stereocenters. The molecule has 0 spiro atoms. The highest BCUT2D eigenvalue weighted by Crippen LogP contribution is 2.36. The molecule has 2 heterocycles. The number of hydrogen-bond acceptors (Lipinski definition) is 5. The van der Waals surface area contributed by atoms with Crippen LogP contribution in [0.2, 0.25) is 0 Å². The van der Waals surface area contributed by atoms with Gasteiger partial charge in [0.25, 0.3) is 0 Å². The zero-order valence-corrected chi connectivity index (χ0v) is 17.1. The zero-order valence-electron chi connectivity index (χ0n) is 17.1. The van der Waals surface area contributed by atoms with E-state index in [1.807, 2.05) is 43.3 Å². The molecule has 1 aliphatic rings. The normalized spacial score (nSPS) is 13.9. The maximum absolute atomic E-state index is 12.4. The van der Waals surface area contributed by atoms with Crippen LogP contribution in [-0.2, 0) is 13.0 Å². The predicted octanol–water partition coefficient (Wildman–Crippen LogP) is 4.66. The first-order valence-corrected chi connectivity index (χ1v) is 10.1. The molecule has 1 aliphatic heterocycles. The Hall–Kier alpha value is -3.31. The summed E-state index contributed by atoms with van der Waals surface area (Å²) in [6.07, 6.45) is 0.938. The van der Waals surface area contributed by atoms with Gasteiger partial charge >= 0.3 is 5.63 Å². The third-order valence-electron chi connectivity index (χ3n) is 5.83. The van der Waals surface area contributed by atoms with Crippen molar-refractivity contribution in [3.05, 3.63) is 81.7 Å². The summed E-state index contributed by atoms with van der Waals surface area (Å²) in [4.78, 5) is 14.7. The Morgan fingerprint density at radius 2 is 1.80 bits per heavy atom. The summed E-state index contributed by atoms with van der Waals surface area (Å²) in [6, 6.07) is 17.9. The maximum Gasteiger partial charge on any atom is 0.344 e. The molecule has 0 saturated carbocycles. The van der Waals surface area contributed by atoms with Gasteiger partial charge in [-0.1, -0.05) is 30.3 Å². The van der Waals surface area contributed by atoms with Gasteiger partial charge in [0.15, 0.2) is 0 Å². The highest BCUT2D eigenvalue weighted by Gasteiger charge is 2.23. The second-order valence-electron chi connectivity index (χ2n) is 7.73. The van der Waals surface area contributed by atoms with E-state index >= 15 is 0 Å². The average Bonchev–Trinajstić information content (AvgIpc) is 2.79. The molecular weight excluding hydrogens is 378 g/mol. The summed E-state index contributed by atoms with van der Waals surface area (Å²) >= 11 is 0. The van der Waals surface area contributed by atoms with Crippen LogP contribution in [-0.4, -0.2) is 25.3 Å². The molecule has 30 heavy (non-hydrogen) atoms. The number of methoxy groups -OCH3 is 1. The van der Waals surface area contributed by atoms with Gasteiger partial charge in [0.05, 0.1) is 12.5 Å². The van der Waals surface area contributed by atoms with Gasteiger partial charge in [0.2, 0.25) is 0 Å². The first-order valence-electron chi connectivity index (χ1n) is 10.1. The summed E-state index contributed by atoms with van der Waals surface area (Å²) in [5.74, 6) is 1.71. The predicted molar refractivity (Wildman–Crippen MR) is 117 cm³/mol. The number of hydrogen-bond donors (Lipinski definition) is 0. The summed E-state index contributed by atoms with van der Waals surface area (Å²) in [5.41, 5.74) is 3.59. The Morgan fingerprint density at radius 3 is 2.57 bits per heavy atom. The standard InChI is InChI=1S/C25H23NO4/c1-16-23-18(13-22-20-5-3-4-6-21(20)25(27)30-24(16)22)14-26(15-29-23)12-11-17-7-9-19(28-2)10-8-17/h3-10,13H,11-12,14-15H2,1-2H3. The molecule has 0 radical (unpaired) electrons. The summed E-state index contributed by atoms with van der Waals surface area (Å²) in [5, 5.41) is 2.49. The van der Waals surface area contributed by atoms with Crippen molar-refractivity contribution in [2.45, 2.75) is 19.9 Å². The lowest BCUT2D eigenvalue weighted by Crippen LogP contribution is -2.34. The van der Waals surface area contributed by atoms with E-state index in [-0.39, 0.29) is 5.63 Å². The van der Waals surface area contributed by atoms with E-state index in [1.165, 1.54) is 5.56 Å². The Labute approximate surface area is 174 Å². The van der Waals surface area contributed by atoms with Crippen LogP contribution in [0, 0.1) is 6.92 Å². The topological polar surface area (TPSA) is 51.9 Å². The van der Waals surface area contributed by atoms with Gasteiger partial charge in [0, 0.05) is 29.6 Å². The monoisotopic (exact) mass is 401 g/mol. The van der Waals surface area contributed by atoms with Crippen molar-refractivity contribution < 1.29 is 13.9 Å². The molecular formula is C25H23NO4. The lowest BCUT2D eigenvalue weighted by Gasteiger charge is -2.30. The second-order valence-corrected chi connectivity index (χ2v) is 7.73. The molecule has 5 rings (SSSR count). The van der Waals surface area contributed by atoms with Gasteiger partial charge in [-0.15, -0.1) is 0 Å². The molecule has 0 amide bonds. The summed E-state index contributed by atoms with van der Waals surface area (Å²) in [6.45, 7) is 4.18. The van der Waals surface area contributed by atoms with Crippen LogP contribution >= 0.6 is 0 Å². The van der Waals surface area contributed by atoms with Crippen molar-refractivity contribution >= 4 is 21.7 Å². The zero-order chi connectivity index (χ0) is 20.7. The van der Waals surface area contributed by atoms with Crippen LogP contribution in [0.5, 0.6) is 11.5 Å². The van der Waals surface area contributed by atoms with Gasteiger partial charge in [-0.3, -0.25) is 4.90 Å². The Morgan fingerprint density at radius 1 is 1.03 bits per heavy atom. The number of benzene rings is 3. The van der Waals surface area contributed by atoms with E-state index in [0.29, 0.717) is 17.7 Å². The van der Waals surface area contributed by atoms with Crippen molar-refractivity contribution in [3.8, 4) is 11.5 Å². The van der Waals surface area contributed by atoms with Gasteiger partial charge in [-0.2, -0.15) is 0 Å². The van der Waals surface area contributed by atoms with Crippen LogP contribution in [0.4, 0.5) is 0 Å². The fourth-order valence-electron chi connectivity index (χ4n) is 4.21. The molecule has 0 atom stereocenters. The lowest BCUT2D eigenvalue weighted by molar-refractivity contribution is 0.0959. The molecule has 152 valence electrons. The Bertz CT molecular complexity index is 1290. The fraction of sp³-hybridized carbons (Fsp3) is 0.240. The van der Waals surface area contributed by atoms with Crippen LogP contribution in [0.3, 0.4) is 0 Å². The quantitative estimate of drug-likeness (QED) is 0.368. The molecule has 0 bridgehead atoms. The van der Waals surface area contributed by atoms with E-state index in [2.05, 4.69) is 23.1 Å². The molecule has 3 aromatic carbocycles. The van der Waals surface area contributed by atoms with Crippen molar-refractivity contribution in [1.29, 1.82) is 0 Å². The highest BCUT2D eigenvalue weighted by molar-refractivity contribution is 6.06. The number of fused-ring (bicyclic) bond motifs is 4.